The number of rotatable bonds is 12. The average Bonchev–Trinajstić information content (AvgIpc) is 2.99. The van der Waals surface area contributed by atoms with Gasteiger partial charge in [-0.05, 0) is 61.1 Å². The van der Waals surface area contributed by atoms with Gasteiger partial charge in [-0.15, -0.1) is 0 Å². The second-order valence-electron chi connectivity index (χ2n) is 10.4. The number of carbonyl (C=O) groups excluding carboxylic acids is 2. The van der Waals surface area contributed by atoms with E-state index in [1.54, 1.807) is 12.1 Å². The lowest BCUT2D eigenvalue weighted by molar-refractivity contribution is -0.109. The molecular formula is C32H50Cl2F2N4O3. The number of nitrogens with zero attached hydrogens (tertiary/aromatic N) is 1. The number of hydrogen-bond acceptors (Lipinski definition) is 5. The number of hydrogen-bond donors (Lipinski definition) is 3. The lowest BCUT2D eigenvalue weighted by Gasteiger charge is -2.26. The van der Waals surface area contributed by atoms with E-state index in [1.807, 2.05) is 27.7 Å². The first-order valence-electron chi connectivity index (χ1n) is 14.8. The molecule has 2 amide bonds. The van der Waals surface area contributed by atoms with E-state index in [1.165, 1.54) is 18.2 Å². The molecule has 1 heterocycles. The Morgan fingerprint density at radius 2 is 1.58 bits per heavy atom. The predicted molar refractivity (Wildman–Crippen MR) is 175 cm³/mol. The van der Waals surface area contributed by atoms with E-state index in [2.05, 4.69) is 41.6 Å². The van der Waals surface area contributed by atoms with Crippen molar-refractivity contribution in [3.63, 3.8) is 0 Å². The van der Waals surface area contributed by atoms with E-state index in [9.17, 15) is 18.4 Å². The standard InChI is InChI=1S/C18H18Cl2F2N2O.C8H16N2O2.C4H10.C2H6/c1-10(12-4-3-5-14(19)18(12)22)8-23-11(2)13-6-16(21)15(20)7-17(13)24-9-25;11-8-9-2-1-3-10-4-6-12-7-5-10;1-4(2)3;1-2/h3-7,9-11,23H,8H2,1-2H3,(H,24,25);8H,1-7H2,(H,9,11);4H,1-3H3;1-2H3. The molecule has 2 unspecified atom stereocenters. The van der Waals surface area contributed by atoms with Gasteiger partial charge in [0.05, 0.1) is 23.3 Å². The Morgan fingerprint density at radius 1 is 0.953 bits per heavy atom. The second kappa shape index (κ2) is 24.1. The maximum absolute atomic E-state index is 14.1. The van der Waals surface area contributed by atoms with Crippen LogP contribution >= 0.6 is 23.2 Å². The number of amides is 2. The number of anilines is 1. The van der Waals surface area contributed by atoms with Crippen molar-refractivity contribution < 1.29 is 23.1 Å². The van der Waals surface area contributed by atoms with Gasteiger partial charge in [-0.25, -0.2) is 8.78 Å². The van der Waals surface area contributed by atoms with Gasteiger partial charge >= 0.3 is 0 Å². The van der Waals surface area contributed by atoms with Gasteiger partial charge in [0.15, 0.2) is 0 Å². The first kappa shape index (κ1) is 40.7. The highest BCUT2D eigenvalue weighted by Crippen LogP contribution is 2.30. The summed E-state index contributed by atoms with van der Waals surface area (Å²) in [6.45, 7) is 20.2. The number of halogens is 4. The van der Waals surface area contributed by atoms with Crippen LogP contribution in [0, 0.1) is 17.6 Å². The molecular weight excluding hydrogens is 597 g/mol. The predicted octanol–water partition coefficient (Wildman–Crippen LogP) is 7.44. The molecule has 1 fully saturated rings. The van der Waals surface area contributed by atoms with Crippen molar-refractivity contribution in [3.05, 3.63) is 63.1 Å². The highest BCUT2D eigenvalue weighted by Gasteiger charge is 2.18. The van der Waals surface area contributed by atoms with Crippen molar-refractivity contribution in [1.29, 1.82) is 0 Å². The van der Waals surface area contributed by atoms with Gasteiger partial charge in [-0.1, -0.05) is 76.9 Å². The molecule has 43 heavy (non-hydrogen) atoms. The van der Waals surface area contributed by atoms with E-state index in [0.29, 0.717) is 29.8 Å². The summed E-state index contributed by atoms with van der Waals surface area (Å²) in [6.07, 6.45) is 2.28. The lowest BCUT2D eigenvalue weighted by Crippen LogP contribution is -2.37. The molecule has 3 N–H and O–H groups in total. The zero-order valence-corrected chi connectivity index (χ0v) is 28.1. The molecule has 0 aromatic heterocycles. The summed E-state index contributed by atoms with van der Waals surface area (Å²) in [7, 11) is 0. The summed E-state index contributed by atoms with van der Waals surface area (Å²) in [5, 5.41) is 8.38. The van der Waals surface area contributed by atoms with E-state index < -0.39 is 11.6 Å². The van der Waals surface area contributed by atoms with Crippen LogP contribution in [0.1, 0.15) is 78.0 Å². The Bertz CT molecular complexity index is 1050. The molecule has 3 rings (SSSR count). The minimum absolute atomic E-state index is 0.0744. The Morgan fingerprint density at radius 3 is 2.16 bits per heavy atom. The fourth-order valence-corrected chi connectivity index (χ4v) is 4.22. The molecule has 0 spiro atoms. The summed E-state index contributed by atoms with van der Waals surface area (Å²) in [6, 6.07) is 7.21. The number of nitrogens with one attached hydrogen (secondary N) is 3. The van der Waals surface area contributed by atoms with Crippen LogP contribution < -0.4 is 16.0 Å². The summed E-state index contributed by atoms with van der Waals surface area (Å²) >= 11 is 11.6. The first-order valence-corrected chi connectivity index (χ1v) is 15.6. The van der Waals surface area contributed by atoms with Gasteiger partial charge in [0.25, 0.3) is 0 Å². The second-order valence-corrected chi connectivity index (χ2v) is 11.2. The quantitative estimate of drug-likeness (QED) is 0.165. The lowest BCUT2D eigenvalue weighted by atomic mass is 9.99. The third kappa shape index (κ3) is 16.9. The highest BCUT2D eigenvalue weighted by atomic mass is 35.5. The van der Waals surface area contributed by atoms with Crippen molar-refractivity contribution in [2.45, 2.75) is 66.8 Å². The summed E-state index contributed by atoms with van der Waals surface area (Å²) in [5.41, 5.74) is 1.47. The molecule has 7 nitrogen and oxygen atoms in total. The first-order chi connectivity index (χ1) is 20.5. The molecule has 0 aliphatic carbocycles. The Balaban J connectivity index is 0.000000812. The minimum atomic E-state index is -0.573. The zero-order valence-electron chi connectivity index (χ0n) is 26.6. The van der Waals surface area contributed by atoms with Crippen LogP contribution in [0.3, 0.4) is 0 Å². The Hall–Kier alpha value is -2.30. The number of carbonyl (C=O) groups is 2. The van der Waals surface area contributed by atoms with Crippen molar-refractivity contribution in [2.75, 3.05) is 51.3 Å². The summed E-state index contributed by atoms with van der Waals surface area (Å²) < 4.78 is 33.1. The van der Waals surface area contributed by atoms with Gasteiger partial charge in [-0.3, -0.25) is 14.5 Å². The molecule has 0 radical (unpaired) electrons. The number of benzene rings is 2. The molecule has 1 aliphatic heterocycles. The molecule has 244 valence electrons. The molecule has 2 aromatic rings. The van der Waals surface area contributed by atoms with Gasteiger partial charge in [0.2, 0.25) is 12.8 Å². The highest BCUT2D eigenvalue weighted by molar-refractivity contribution is 6.31. The third-order valence-corrected chi connectivity index (χ3v) is 6.58. The zero-order chi connectivity index (χ0) is 32.8. The van der Waals surface area contributed by atoms with Gasteiger partial charge in [0, 0.05) is 37.9 Å². The van der Waals surface area contributed by atoms with Gasteiger partial charge in [0.1, 0.15) is 11.6 Å². The van der Waals surface area contributed by atoms with Crippen molar-refractivity contribution in [1.82, 2.24) is 15.5 Å². The summed E-state index contributed by atoms with van der Waals surface area (Å²) in [5.74, 6) is -0.330. The normalized spacial score (nSPS) is 14.0. The van der Waals surface area contributed by atoms with E-state index in [0.717, 1.165) is 58.1 Å². The van der Waals surface area contributed by atoms with Crippen LogP contribution in [0.15, 0.2) is 30.3 Å². The Labute approximate surface area is 267 Å². The largest absolute Gasteiger partial charge is 0.379 e. The molecule has 1 aliphatic rings. The van der Waals surface area contributed by atoms with Crippen LogP contribution in [0.2, 0.25) is 10.0 Å². The fourth-order valence-electron chi connectivity index (χ4n) is 3.87. The monoisotopic (exact) mass is 646 g/mol. The van der Waals surface area contributed by atoms with Gasteiger partial charge < -0.3 is 20.7 Å². The molecule has 2 aromatic carbocycles. The van der Waals surface area contributed by atoms with E-state index in [-0.39, 0.29) is 22.0 Å². The van der Waals surface area contributed by atoms with Crippen LogP contribution in [0.25, 0.3) is 0 Å². The van der Waals surface area contributed by atoms with Crippen molar-refractivity contribution in [2.24, 2.45) is 5.92 Å². The fraction of sp³-hybridized carbons (Fsp3) is 0.562. The number of ether oxygens (including phenoxy) is 1. The maximum atomic E-state index is 14.1. The molecule has 0 bridgehead atoms. The van der Waals surface area contributed by atoms with Crippen molar-refractivity contribution >= 4 is 41.7 Å². The molecule has 1 saturated heterocycles. The molecule has 0 saturated carbocycles. The topological polar surface area (TPSA) is 82.7 Å². The maximum Gasteiger partial charge on any atom is 0.211 e. The minimum Gasteiger partial charge on any atom is -0.379 e. The van der Waals surface area contributed by atoms with Crippen LogP contribution in [0.5, 0.6) is 0 Å². The Kier molecular flexibility index (Phi) is 22.8. The molecule has 2 atom stereocenters. The smallest absolute Gasteiger partial charge is 0.211 e. The van der Waals surface area contributed by atoms with Gasteiger partial charge in [-0.2, -0.15) is 0 Å². The van der Waals surface area contributed by atoms with Crippen molar-refractivity contribution in [3.8, 4) is 0 Å². The van der Waals surface area contributed by atoms with Crippen LogP contribution in [-0.4, -0.2) is 63.7 Å². The number of morpholine rings is 1. The average molecular weight is 648 g/mol. The SMILES string of the molecule is CC.CC(C)C.CC(CNC(C)c1cc(F)c(Cl)cc1NC=O)c1cccc(Cl)c1F.O=CNCCCN1CCOCC1. The third-order valence-electron chi connectivity index (χ3n) is 6.00. The molecule has 11 heteroatoms. The van der Waals surface area contributed by atoms with Crippen LogP contribution in [0.4, 0.5) is 14.5 Å². The van der Waals surface area contributed by atoms with E-state index in [4.69, 9.17) is 27.9 Å². The summed E-state index contributed by atoms with van der Waals surface area (Å²) in [4.78, 5) is 23.0. The van der Waals surface area contributed by atoms with E-state index >= 15 is 0 Å². The van der Waals surface area contributed by atoms with Crippen LogP contribution in [-0.2, 0) is 14.3 Å².